The second kappa shape index (κ2) is 5.14. The predicted molar refractivity (Wildman–Crippen MR) is 77.8 cm³/mol. The first-order chi connectivity index (χ1) is 10.5. The number of imidazole rings is 1. The lowest BCUT2D eigenvalue weighted by molar-refractivity contribution is -0.222. The Labute approximate surface area is 127 Å². The summed E-state index contributed by atoms with van der Waals surface area (Å²) in [6.07, 6.45) is 6.53. The van der Waals surface area contributed by atoms with Crippen molar-refractivity contribution in [2.45, 2.75) is 19.6 Å². The molecule has 1 aliphatic heterocycles. The van der Waals surface area contributed by atoms with Crippen LogP contribution in [0.15, 0.2) is 48.6 Å². The lowest BCUT2D eigenvalue weighted by Crippen LogP contribution is -2.41. The number of hydrogen-bond donors (Lipinski definition) is 0. The SMILES string of the molecule is CC1(C)OC(=O)C(=Cc2ccccc2-n2ccnc2)C(=O)O1. The summed E-state index contributed by atoms with van der Waals surface area (Å²) >= 11 is 0. The fraction of sp³-hybridized carbons (Fsp3) is 0.188. The van der Waals surface area contributed by atoms with Crippen LogP contribution in [0.2, 0.25) is 0 Å². The van der Waals surface area contributed by atoms with Gasteiger partial charge in [0.1, 0.15) is 5.57 Å². The Balaban J connectivity index is 2.03. The zero-order valence-electron chi connectivity index (χ0n) is 12.1. The average Bonchev–Trinajstić information content (AvgIpc) is 2.96. The largest absolute Gasteiger partial charge is 0.419 e. The Morgan fingerprint density at radius 1 is 1.14 bits per heavy atom. The van der Waals surface area contributed by atoms with E-state index >= 15 is 0 Å². The maximum Gasteiger partial charge on any atom is 0.348 e. The highest BCUT2D eigenvalue weighted by Crippen LogP contribution is 2.25. The van der Waals surface area contributed by atoms with Crippen LogP contribution in [0.5, 0.6) is 0 Å². The van der Waals surface area contributed by atoms with Gasteiger partial charge in [0.25, 0.3) is 5.79 Å². The Bertz CT molecular complexity index is 738. The second-order valence-corrected chi connectivity index (χ2v) is 5.27. The van der Waals surface area contributed by atoms with Crippen LogP contribution in [0.25, 0.3) is 11.8 Å². The molecule has 0 atom stereocenters. The molecule has 0 spiro atoms. The van der Waals surface area contributed by atoms with Crippen LogP contribution in [0, 0.1) is 0 Å². The van der Waals surface area contributed by atoms with Crippen LogP contribution in [0.4, 0.5) is 0 Å². The molecule has 3 rings (SSSR count). The van der Waals surface area contributed by atoms with E-state index in [1.165, 1.54) is 19.9 Å². The van der Waals surface area contributed by atoms with Crippen LogP contribution in [-0.2, 0) is 19.1 Å². The Kier molecular flexibility index (Phi) is 3.29. The van der Waals surface area contributed by atoms with Crippen molar-refractivity contribution < 1.29 is 19.1 Å². The van der Waals surface area contributed by atoms with E-state index in [-0.39, 0.29) is 5.57 Å². The molecule has 1 saturated heterocycles. The average molecular weight is 298 g/mol. The van der Waals surface area contributed by atoms with Gasteiger partial charge in [-0.15, -0.1) is 0 Å². The number of aromatic nitrogens is 2. The zero-order valence-corrected chi connectivity index (χ0v) is 12.1. The van der Waals surface area contributed by atoms with Crippen LogP contribution in [0.3, 0.4) is 0 Å². The summed E-state index contributed by atoms with van der Waals surface area (Å²) in [5.41, 5.74) is 1.34. The highest BCUT2D eigenvalue weighted by Gasteiger charge is 2.38. The first-order valence-corrected chi connectivity index (χ1v) is 6.72. The van der Waals surface area contributed by atoms with Gasteiger partial charge in [-0.25, -0.2) is 14.6 Å². The summed E-state index contributed by atoms with van der Waals surface area (Å²) in [6, 6.07) is 7.33. The highest BCUT2D eigenvalue weighted by atomic mass is 16.7. The third-order valence-electron chi connectivity index (χ3n) is 3.14. The van der Waals surface area contributed by atoms with Gasteiger partial charge in [0, 0.05) is 26.2 Å². The molecule has 2 heterocycles. The van der Waals surface area contributed by atoms with E-state index in [9.17, 15) is 9.59 Å². The molecule has 1 aromatic heterocycles. The third kappa shape index (κ3) is 2.63. The first-order valence-electron chi connectivity index (χ1n) is 6.72. The number of nitrogens with zero attached hydrogens (tertiary/aromatic N) is 2. The number of carbonyl (C=O) groups excluding carboxylic acids is 2. The zero-order chi connectivity index (χ0) is 15.7. The van der Waals surface area contributed by atoms with Crippen LogP contribution in [-0.4, -0.2) is 27.3 Å². The van der Waals surface area contributed by atoms with Crippen molar-refractivity contribution in [2.24, 2.45) is 0 Å². The monoisotopic (exact) mass is 298 g/mol. The van der Waals surface area contributed by atoms with Gasteiger partial charge in [-0.05, 0) is 17.7 Å². The van der Waals surface area contributed by atoms with E-state index in [0.717, 1.165) is 5.69 Å². The van der Waals surface area contributed by atoms with Crippen molar-refractivity contribution in [3.63, 3.8) is 0 Å². The van der Waals surface area contributed by atoms with Gasteiger partial charge in [-0.3, -0.25) is 0 Å². The number of ether oxygens (including phenoxy) is 2. The molecule has 0 aliphatic carbocycles. The van der Waals surface area contributed by atoms with E-state index < -0.39 is 17.7 Å². The smallest absolute Gasteiger partial charge is 0.348 e. The minimum atomic E-state index is -1.24. The molecule has 6 heteroatoms. The molecule has 0 unspecified atom stereocenters. The summed E-state index contributed by atoms with van der Waals surface area (Å²) in [6.45, 7) is 3.03. The van der Waals surface area contributed by atoms with Crippen molar-refractivity contribution in [2.75, 3.05) is 0 Å². The Morgan fingerprint density at radius 2 is 1.82 bits per heavy atom. The van der Waals surface area contributed by atoms with Crippen molar-refractivity contribution in [3.8, 4) is 5.69 Å². The molecule has 0 N–H and O–H groups in total. The number of esters is 2. The Morgan fingerprint density at radius 3 is 2.45 bits per heavy atom. The summed E-state index contributed by atoms with van der Waals surface area (Å²) < 4.78 is 12.0. The molecule has 0 saturated carbocycles. The van der Waals surface area contributed by atoms with E-state index in [4.69, 9.17) is 9.47 Å². The summed E-state index contributed by atoms with van der Waals surface area (Å²) in [5.74, 6) is -2.63. The van der Waals surface area contributed by atoms with E-state index in [1.807, 2.05) is 18.2 Å². The third-order valence-corrected chi connectivity index (χ3v) is 3.14. The normalized spacial score (nSPS) is 16.9. The van der Waals surface area contributed by atoms with Gasteiger partial charge in [0.2, 0.25) is 0 Å². The van der Waals surface area contributed by atoms with Crippen molar-refractivity contribution >= 4 is 18.0 Å². The predicted octanol–water partition coefficient (Wildman–Crippen LogP) is 2.09. The topological polar surface area (TPSA) is 70.4 Å². The van der Waals surface area contributed by atoms with E-state index in [1.54, 1.807) is 29.4 Å². The fourth-order valence-electron chi connectivity index (χ4n) is 2.18. The molecule has 0 bridgehead atoms. The number of rotatable bonds is 2. The second-order valence-electron chi connectivity index (χ2n) is 5.27. The lowest BCUT2D eigenvalue weighted by Gasteiger charge is -2.29. The quantitative estimate of drug-likeness (QED) is 0.482. The van der Waals surface area contributed by atoms with Gasteiger partial charge in [0.15, 0.2) is 0 Å². The fourth-order valence-corrected chi connectivity index (χ4v) is 2.18. The molecule has 2 aromatic rings. The van der Waals surface area contributed by atoms with Crippen molar-refractivity contribution in [1.82, 2.24) is 9.55 Å². The molecule has 0 amide bonds. The van der Waals surface area contributed by atoms with Crippen molar-refractivity contribution in [3.05, 3.63) is 54.1 Å². The van der Waals surface area contributed by atoms with E-state index in [2.05, 4.69) is 4.98 Å². The summed E-state index contributed by atoms with van der Waals surface area (Å²) in [5, 5.41) is 0. The van der Waals surface area contributed by atoms with Crippen LogP contribution in [0.1, 0.15) is 19.4 Å². The molecule has 22 heavy (non-hydrogen) atoms. The van der Waals surface area contributed by atoms with E-state index in [0.29, 0.717) is 5.56 Å². The molecule has 6 nitrogen and oxygen atoms in total. The van der Waals surface area contributed by atoms with Gasteiger partial charge in [0.05, 0.1) is 12.0 Å². The van der Waals surface area contributed by atoms with Crippen LogP contribution >= 0.6 is 0 Å². The summed E-state index contributed by atoms with van der Waals surface area (Å²) in [4.78, 5) is 28.0. The number of cyclic esters (lactones) is 2. The maximum absolute atomic E-state index is 12.0. The number of benzene rings is 1. The minimum absolute atomic E-state index is 0.133. The van der Waals surface area contributed by atoms with Gasteiger partial charge in [-0.1, -0.05) is 18.2 Å². The molecule has 112 valence electrons. The maximum atomic E-state index is 12.0. The number of hydrogen-bond acceptors (Lipinski definition) is 5. The van der Waals surface area contributed by atoms with Crippen LogP contribution < -0.4 is 0 Å². The van der Waals surface area contributed by atoms with Gasteiger partial charge < -0.3 is 14.0 Å². The molecule has 1 aliphatic rings. The minimum Gasteiger partial charge on any atom is -0.419 e. The first kappa shape index (κ1) is 14.1. The van der Waals surface area contributed by atoms with Gasteiger partial charge >= 0.3 is 11.9 Å². The molecule has 0 radical (unpaired) electrons. The molecule has 1 fully saturated rings. The standard InChI is InChI=1S/C16H14N2O4/c1-16(2)21-14(19)12(15(20)22-16)9-11-5-3-4-6-13(11)18-8-7-17-10-18/h3-10H,1-2H3. The molecular formula is C16H14N2O4. The van der Waals surface area contributed by atoms with Gasteiger partial charge in [-0.2, -0.15) is 0 Å². The Hall–Kier alpha value is -2.89. The highest BCUT2D eigenvalue weighted by molar-refractivity contribution is 6.19. The molecular weight excluding hydrogens is 284 g/mol. The number of para-hydroxylation sites is 1. The molecule has 1 aromatic carbocycles. The number of carbonyl (C=O) groups is 2. The lowest BCUT2D eigenvalue weighted by atomic mass is 10.1. The van der Waals surface area contributed by atoms with Crippen molar-refractivity contribution in [1.29, 1.82) is 0 Å². The summed E-state index contributed by atoms with van der Waals surface area (Å²) in [7, 11) is 0.